The van der Waals surface area contributed by atoms with Crippen LogP contribution in [0.15, 0.2) is 46.2 Å². The Balaban J connectivity index is 2.03. The Morgan fingerprint density at radius 1 is 0.500 bits per heavy atom. The van der Waals surface area contributed by atoms with Gasteiger partial charge in [-0.15, -0.1) is 0 Å². The van der Waals surface area contributed by atoms with Gasteiger partial charge in [-0.25, -0.2) is 0 Å². The first kappa shape index (κ1) is 32.7. The largest absolute Gasteiger partial charge is 0.530 e. The van der Waals surface area contributed by atoms with E-state index in [0.29, 0.717) is 0 Å². The summed E-state index contributed by atoms with van der Waals surface area (Å²) in [7, 11) is -1.86. The van der Waals surface area contributed by atoms with Crippen LogP contribution in [-0.2, 0) is 21.7 Å². The molecule has 0 saturated carbocycles. The van der Waals surface area contributed by atoms with E-state index in [-0.39, 0.29) is 21.7 Å². The maximum atomic E-state index is 7.08. The lowest BCUT2D eigenvalue weighted by Crippen LogP contribution is -2.21. The second-order valence-corrected chi connectivity index (χ2v) is 18.1. The van der Waals surface area contributed by atoms with Crippen molar-refractivity contribution >= 4 is 20.4 Å². The number of hydrogen-bond acceptors (Lipinski definition) is 4. The van der Waals surface area contributed by atoms with E-state index in [1.807, 2.05) is 0 Å². The van der Waals surface area contributed by atoms with Crippen molar-refractivity contribution in [1.82, 2.24) is 0 Å². The van der Waals surface area contributed by atoms with Crippen molar-refractivity contribution in [1.29, 1.82) is 0 Å². The molecule has 0 fully saturated rings. The molecule has 0 atom stereocenters. The molecule has 3 aromatic carbocycles. The maximum absolute atomic E-state index is 7.08. The minimum absolute atomic E-state index is 0.125. The van der Waals surface area contributed by atoms with E-state index in [1.54, 1.807) is 11.8 Å². The minimum atomic E-state index is -1.86. The van der Waals surface area contributed by atoms with E-state index in [1.165, 1.54) is 27.8 Å². The summed E-state index contributed by atoms with van der Waals surface area (Å²) in [6.07, 6.45) is 0. The summed E-state index contributed by atoms with van der Waals surface area (Å²) in [4.78, 5) is 2.20. The Morgan fingerprint density at radius 3 is 1.14 bits per heavy atom. The van der Waals surface area contributed by atoms with Crippen LogP contribution in [0, 0.1) is 20.8 Å². The van der Waals surface area contributed by atoms with Crippen LogP contribution in [0.25, 0.3) is 0 Å². The van der Waals surface area contributed by atoms with Gasteiger partial charge >= 0.3 is 8.60 Å². The topological polar surface area (TPSA) is 27.7 Å². The van der Waals surface area contributed by atoms with Crippen molar-refractivity contribution in [2.45, 2.75) is 135 Å². The Hall–Kier alpha value is -2.16. The minimum Gasteiger partial charge on any atom is -0.408 e. The molecule has 0 amide bonds. The highest BCUT2D eigenvalue weighted by Crippen LogP contribution is 2.58. The summed E-state index contributed by atoms with van der Waals surface area (Å²) in [5.41, 5.74) is 7.80. The maximum Gasteiger partial charge on any atom is 0.530 e. The van der Waals surface area contributed by atoms with Gasteiger partial charge in [0.25, 0.3) is 0 Å². The lowest BCUT2D eigenvalue weighted by atomic mass is 9.78. The molecule has 5 heteroatoms. The number of aryl methyl sites for hydroxylation is 3. The lowest BCUT2D eigenvalue weighted by Gasteiger charge is -2.34. The van der Waals surface area contributed by atoms with Crippen molar-refractivity contribution in [2.24, 2.45) is 0 Å². The van der Waals surface area contributed by atoms with E-state index in [4.69, 9.17) is 13.6 Å². The van der Waals surface area contributed by atoms with Gasteiger partial charge in [-0.05, 0) is 65.7 Å². The molecule has 0 aliphatic carbocycles. The monoisotopic (exact) mass is 606 g/mol. The van der Waals surface area contributed by atoms with E-state index in [0.717, 1.165) is 38.2 Å². The molecule has 4 rings (SSSR count). The number of fused-ring (bicyclic) bond motifs is 2. The molecule has 0 saturated heterocycles. The molecule has 0 unspecified atom stereocenters. The van der Waals surface area contributed by atoms with Gasteiger partial charge in [0.15, 0.2) is 0 Å². The molecular weight excluding hydrogens is 555 g/mol. The van der Waals surface area contributed by atoms with E-state index < -0.39 is 8.60 Å². The second-order valence-electron chi connectivity index (χ2n) is 16.1. The summed E-state index contributed by atoms with van der Waals surface area (Å²) in [5.74, 6) is 2.59. The highest BCUT2D eigenvalue weighted by atomic mass is 32.2. The molecule has 0 bridgehead atoms. The third kappa shape index (κ3) is 6.97. The SMILES string of the molecule is Cc1cc2c(c(C(C)(C)C)c1)OP(Oc1c(C(C)(C)C)cc(C)cc1C(C)(C)C)Oc1c(cc(C)cc1C(C)(C)C)S2. The van der Waals surface area contributed by atoms with Gasteiger partial charge in [0.2, 0.25) is 0 Å². The normalized spacial score (nSPS) is 14.7. The molecule has 0 spiro atoms. The summed E-state index contributed by atoms with van der Waals surface area (Å²) in [6.45, 7) is 33.4. The van der Waals surface area contributed by atoms with Crippen LogP contribution in [0.2, 0.25) is 0 Å². The Morgan fingerprint density at radius 2 is 0.810 bits per heavy atom. The van der Waals surface area contributed by atoms with Crippen LogP contribution < -0.4 is 13.6 Å². The van der Waals surface area contributed by atoms with Crippen LogP contribution in [0.4, 0.5) is 0 Å². The zero-order valence-corrected chi connectivity index (χ0v) is 30.3. The first-order chi connectivity index (χ1) is 19.1. The van der Waals surface area contributed by atoms with Gasteiger partial charge in [-0.1, -0.05) is 125 Å². The summed E-state index contributed by atoms with van der Waals surface area (Å²) in [5, 5.41) is 0. The first-order valence-corrected chi connectivity index (χ1v) is 16.9. The molecule has 3 nitrogen and oxygen atoms in total. The highest BCUT2D eigenvalue weighted by Gasteiger charge is 2.37. The summed E-state index contributed by atoms with van der Waals surface area (Å²) in [6, 6.07) is 13.5. The fourth-order valence-electron chi connectivity index (χ4n) is 5.32. The average Bonchev–Trinajstić information content (AvgIpc) is 2.78. The number of rotatable bonds is 2. The Bertz CT molecular complexity index is 1390. The number of hydrogen-bond donors (Lipinski definition) is 0. The lowest BCUT2D eigenvalue weighted by molar-refractivity contribution is 0.359. The van der Waals surface area contributed by atoms with Crippen LogP contribution >= 0.6 is 20.4 Å². The van der Waals surface area contributed by atoms with Crippen molar-refractivity contribution < 1.29 is 13.6 Å². The van der Waals surface area contributed by atoms with Gasteiger partial charge in [0.1, 0.15) is 17.2 Å². The predicted molar refractivity (Wildman–Crippen MR) is 181 cm³/mol. The Kier molecular flexibility index (Phi) is 8.64. The van der Waals surface area contributed by atoms with Crippen LogP contribution in [-0.4, -0.2) is 0 Å². The van der Waals surface area contributed by atoms with Crippen molar-refractivity contribution in [3.8, 4) is 17.2 Å². The molecule has 1 heterocycles. The fraction of sp³-hybridized carbons (Fsp3) is 0.514. The molecule has 1 aliphatic rings. The van der Waals surface area contributed by atoms with Gasteiger partial charge in [0, 0.05) is 22.3 Å². The smallest absolute Gasteiger partial charge is 0.408 e. The molecular formula is C37H51O3PS. The molecule has 42 heavy (non-hydrogen) atoms. The highest BCUT2D eigenvalue weighted by molar-refractivity contribution is 7.99. The molecule has 228 valence electrons. The zero-order valence-electron chi connectivity index (χ0n) is 28.5. The molecule has 1 aliphatic heterocycles. The van der Waals surface area contributed by atoms with Gasteiger partial charge in [-0.2, -0.15) is 0 Å². The second kappa shape index (κ2) is 11.1. The Labute approximate surface area is 261 Å². The van der Waals surface area contributed by atoms with Crippen molar-refractivity contribution in [3.63, 3.8) is 0 Å². The zero-order chi connectivity index (χ0) is 31.6. The fourth-order valence-corrected chi connectivity index (χ4v) is 7.81. The van der Waals surface area contributed by atoms with E-state index >= 15 is 0 Å². The van der Waals surface area contributed by atoms with Gasteiger partial charge < -0.3 is 13.6 Å². The molecule has 0 aromatic heterocycles. The standard InChI is InChI=1S/C37H51O3PS/c1-22-16-25(34(4,5)6)31(26(17-22)35(7,8)9)38-41-39-32-27(36(10,11)12)18-23(2)20-29(32)42-30-21-24(3)19-28(33(30)40-41)37(13,14)15/h16-21H,1-15H3. The van der Waals surface area contributed by atoms with Crippen LogP contribution in [0.3, 0.4) is 0 Å². The molecule has 3 aromatic rings. The summed E-state index contributed by atoms with van der Waals surface area (Å²) < 4.78 is 21.0. The van der Waals surface area contributed by atoms with Crippen molar-refractivity contribution in [3.05, 3.63) is 75.3 Å². The van der Waals surface area contributed by atoms with Gasteiger partial charge in [0.05, 0.1) is 9.79 Å². The average molecular weight is 607 g/mol. The first-order valence-electron chi connectivity index (χ1n) is 15.0. The van der Waals surface area contributed by atoms with Crippen molar-refractivity contribution in [2.75, 3.05) is 0 Å². The third-order valence-corrected chi connectivity index (χ3v) is 9.62. The van der Waals surface area contributed by atoms with E-state index in [9.17, 15) is 0 Å². The molecule has 0 N–H and O–H groups in total. The van der Waals surface area contributed by atoms with E-state index in [2.05, 4.69) is 140 Å². The summed E-state index contributed by atoms with van der Waals surface area (Å²) >= 11 is 1.74. The van der Waals surface area contributed by atoms with Gasteiger partial charge in [-0.3, -0.25) is 0 Å². The number of benzene rings is 3. The predicted octanol–water partition coefficient (Wildman–Crippen LogP) is 12.0. The van der Waals surface area contributed by atoms with Crippen LogP contribution in [0.1, 0.15) is 122 Å². The third-order valence-electron chi connectivity index (χ3n) is 7.58. The van der Waals surface area contributed by atoms with Crippen LogP contribution in [0.5, 0.6) is 17.2 Å². The quantitative estimate of drug-likeness (QED) is 0.271. The molecule has 0 radical (unpaired) electrons.